The monoisotopic (exact) mass is 245 g/mol. The molecule has 16 heavy (non-hydrogen) atoms. The number of aryl methyl sites for hydroxylation is 1. The Hall–Kier alpha value is -1.30. The Labute approximate surface area is 94.3 Å². The van der Waals surface area contributed by atoms with Gasteiger partial charge in [0.15, 0.2) is 9.84 Å². The van der Waals surface area contributed by atoms with Crippen molar-refractivity contribution in [3.05, 3.63) is 22.0 Å². The Kier molecular flexibility index (Phi) is 3.14. The van der Waals surface area contributed by atoms with E-state index in [2.05, 4.69) is 0 Å². The van der Waals surface area contributed by atoms with Gasteiger partial charge in [0.25, 0.3) is 5.56 Å². The molecule has 0 spiro atoms. The van der Waals surface area contributed by atoms with Crippen molar-refractivity contribution >= 4 is 9.84 Å². The summed E-state index contributed by atoms with van der Waals surface area (Å²) in [4.78, 5) is 11.4. The quantitative estimate of drug-likeness (QED) is 0.838. The van der Waals surface area contributed by atoms with Crippen LogP contribution in [0, 0.1) is 6.92 Å². The molecule has 1 aromatic heterocycles. The fourth-order valence-electron chi connectivity index (χ4n) is 1.67. The molecule has 5 nitrogen and oxygen atoms in total. The van der Waals surface area contributed by atoms with Gasteiger partial charge in [0.1, 0.15) is 4.90 Å². The summed E-state index contributed by atoms with van der Waals surface area (Å²) in [5.74, 6) is -0.484. The number of hydrogen-bond acceptors (Lipinski definition) is 4. The minimum Gasteiger partial charge on any atom is -0.493 e. The van der Waals surface area contributed by atoms with E-state index in [4.69, 9.17) is 0 Å². The van der Waals surface area contributed by atoms with Crippen molar-refractivity contribution in [1.29, 1.82) is 0 Å². The highest BCUT2D eigenvalue weighted by atomic mass is 32.2. The molecule has 1 heterocycles. The zero-order valence-corrected chi connectivity index (χ0v) is 10.5. The van der Waals surface area contributed by atoms with E-state index in [9.17, 15) is 18.3 Å². The minimum absolute atomic E-state index is 0.180. The van der Waals surface area contributed by atoms with Crippen molar-refractivity contribution < 1.29 is 13.5 Å². The largest absolute Gasteiger partial charge is 0.493 e. The second-order valence-corrected chi connectivity index (χ2v) is 6.01. The summed E-state index contributed by atoms with van der Waals surface area (Å²) in [5.41, 5.74) is -0.140. The Bertz CT molecular complexity index is 569. The highest BCUT2D eigenvalue weighted by Gasteiger charge is 2.21. The number of pyridine rings is 1. The van der Waals surface area contributed by atoms with Gasteiger partial charge in [-0.25, -0.2) is 8.42 Å². The molecule has 0 amide bonds. The summed E-state index contributed by atoms with van der Waals surface area (Å²) in [6.45, 7) is 4.88. The normalized spacial score (nSPS) is 12.1. The number of sulfone groups is 1. The minimum atomic E-state index is -3.55. The van der Waals surface area contributed by atoms with Crippen molar-refractivity contribution in [2.24, 2.45) is 0 Å². The van der Waals surface area contributed by atoms with Crippen LogP contribution in [0.1, 0.15) is 25.5 Å². The van der Waals surface area contributed by atoms with Crippen LogP contribution < -0.4 is 5.56 Å². The molecule has 0 radical (unpaired) electrons. The average molecular weight is 245 g/mol. The van der Waals surface area contributed by atoms with Crippen LogP contribution >= 0.6 is 0 Å². The highest BCUT2D eigenvalue weighted by molar-refractivity contribution is 7.90. The van der Waals surface area contributed by atoms with E-state index in [0.717, 1.165) is 10.8 Å². The predicted molar refractivity (Wildman–Crippen MR) is 60.6 cm³/mol. The summed E-state index contributed by atoms with van der Waals surface area (Å²) < 4.78 is 24.0. The molecule has 0 aliphatic rings. The standard InChI is InChI=1S/C10H15NO4S/c1-6(2)11-8(12)5-7(3)9(10(11)13)16(4,14)15/h5-6,13H,1-4H3. The maximum atomic E-state index is 11.6. The van der Waals surface area contributed by atoms with Crippen LogP contribution in [0.2, 0.25) is 0 Å². The molecular formula is C10H15NO4S. The van der Waals surface area contributed by atoms with E-state index in [0.29, 0.717) is 0 Å². The predicted octanol–water partition coefficient (Wildman–Crippen LogP) is 0.847. The van der Waals surface area contributed by atoms with Gasteiger partial charge in [-0.2, -0.15) is 0 Å². The van der Waals surface area contributed by atoms with Crippen molar-refractivity contribution in [2.75, 3.05) is 6.26 Å². The van der Waals surface area contributed by atoms with E-state index < -0.39 is 21.3 Å². The lowest BCUT2D eigenvalue weighted by Crippen LogP contribution is -2.23. The molecular weight excluding hydrogens is 230 g/mol. The third-order valence-electron chi connectivity index (χ3n) is 2.25. The lowest BCUT2D eigenvalue weighted by molar-refractivity contribution is 0.372. The molecule has 0 bridgehead atoms. The Morgan fingerprint density at radius 1 is 1.38 bits per heavy atom. The van der Waals surface area contributed by atoms with Gasteiger partial charge < -0.3 is 5.11 Å². The fraction of sp³-hybridized carbons (Fsp3) is 0.500. The first-order valence-corrected chi connectivity index (χ1v) is 6.70. The van der Waals surface area contributed by atoms with E-state index in [1.165, 1.54) is 13.0 Å². The van der Waals surface area contributed by atoms with Gasteiger partial charge in [-0.1, -0.05) is 0 Å². The van der Waals surface area contributed by atoms with E-state index >= 15 is 0 Å². The van der Waals surface area contributed by atoms with Crippen LogP contribution in [-0.2, 0) is 9.84 Å². The van der Waals surface area contributed by atoms with Gasteiger partial charge in [-0.05, 0) is 26.3 Å². The van der Waals surface area contributed by atoms with Gasteiger partial charge in [-0.15, -0.1) is 0 Å². The van der Waals surface area contributed by atoms with E-state index in [-0.39, 0.29) is 16.5 Å². The van der Waals surface area contributed by atoms with Crippen molar-refractivity contribution in [3.8, 4) is 5.88 Å². The first-order chi connectivity index (χ1) is 7.16. The third kappa shape index (κ3) is 2.11. The van der Waals surface area contributed by atoms with Gasteiger partial charge in [0, 0.05) is 18.4 Å². The molecule has 0 fully saturated rings. The molecule has 1 N–H and O–H groups in total. The van der Waals surface area contributed by atoms with Gasteiger partial charge in [0.2, 0.25) is 5.88 Å². The highest BCUT2D eigenvalue weighted by Crippen LogP contribution is 2.26. The molecule has 1 aromatic rings. The second kappa shape index (κ2) is 3.93. The van der Waals surface area contributed by atoms with Gasteiger partial charge in [0.05, 0.1) is 0 Å². The summed E-state index contributed by atoms with van der Waals surface area (Å²) >= 11 is 0. The summed E-state index contributed by atoms with van der Waals surface area (Å²) in [7, 11) is -3.55. The van der Waals surface area contributed by atoms with Crippen LogP contribution in [0.3, 0.4) is 0 Å². The van der Waals surface area contributed by atoms with Crippen LogP contribution in [0.5, 0.6) is 5.88 Å². The van der Waals surface area contributed by atoms with Crippen LogP contribution in [0.4, 0.5) is 0 Å². The Balaban J connectivity index is 3.80. The number of hydrogen-bond donors (Lipinski definition) is 1. The molecule has 0 saturated heterocycles. The molecule has 0 aliphatic heterocycles. The van der Waals surface area contributed by atoms with Crippen LogP contribution in [0.25, 0.3) is 0 Å². The molecule has 90 valence electrons. The Morgan fingerprint density at radius 2 is 1.88 bits per heavy atom. The summed E-state index contributed by atoms with van der Waals surface area (Å²) in [5, 5.41) is 9.84. The van der Waals surface area contributed by atoms with E-state index in [1.54, 1.807) is 13.8 Å². The van der Waals surface area contributed by atoms with E-state index in [1.807, 2.05) is 0 Å². The number of rotatable bonds is 2. The Morgan fingerprint density at radius 3 is 2.25 bits per heavy atom. The van der Waals surface area contributed by atoms with Crippen LogP contribution in [0.15, 0.2) is 15.8 Å². The SMILES string of the molecule is Cc1cc(=O)n(C(C)C)c(O)c1S(C)(=O)=O. The smallest absolute Gasteiger partial charge is 0.253 e. The number of aromatic nitrogens is 1. The summed E-state index contributed by atoms with van der Waals surface area (Å²) in [6, 6.07) is 0.921. The molecule has 0 aromatic carbocycles. The molecule has 0 aliphatic carbocycles. The maximum absolute atomic E-state index is 11.6. The molecule has 0 saturated carbocycles. The van der Waals surface area contributed by atoms with Crippen LogP contribution in [-0.4, -0.2) is 24.3 Å². The van der Waals surface area contributed by atoms with Crippen molar-refractivity contribution in [1.82, 2.24) is 4.57 Å². The first kappa shape index (κ1) is 12.8. The molecule has 6 heteroatoms. The second-order valence-electron chi connectivity index (χ2n) is 4.05. The molecule has 0 unspecified atom stereocenters. The van der Waals surface area contributed by atoms with Crippen molar-refractivity contribution in [2.45, 2.75) is 31.7 Å². The maximum Gasteiger partial charge on any atom is 0.253 e. The molecule has 1 rings (SSSR count). The molecule has 0 atom stereocenters. The summed E-state index contributed by atoms with van der Waals surface area (Å²) in [6.07, 6.45) is 1.00. The van der Waals surface area contributed by atoms with Gasteiger partial charge >= 0.3 is 0 Å². The zero-order chi connectivity index (χ0) is 12.7. The third-order valence-corrected chi connectivity index (χ3v) is 3.50. The lowest BCUT2D eigenvalue weighted by atomic mass is 10.2. The topological polar surface area (TPSA) is 76.4 Å². The number of nitrogens with zero attached hydrogens (tertiary/aromatic N) is 1. The fourth-order valence-corrected chi connectivity index (χ4v) is 2.74. The van der Waals surface area contributed by atoms with Crippen molar-refractivity contribution in [3.63, 3.8) is 0 Å². The lowest BCUT2D eigenvalue weighted by Gasteiger charge is -2.15. The average Bonchev–Trinajstić information content (AvgIpc) is 1.97. The first-order valence-electron chi connectivity index (χ1n) is 4.81. The number of aromatic hydroxyl groups is 1. The zero-order valence-electron chi connectivity index (χ0n) is 9.68. The van der Waals surface area contributed by atoms with Gasteiger partial charge in [-0.3, -0.25) is 9.36 Å².